The number of rotatable bonds is 4. The van der Waals surface area contributed by atoms with E-state index < -0.39 is 0 Å². The molecule has 2 heteroatoms. The summed E-state index contributed by atoms with van der Waals surface area (Å²) in [6.07, 6.45) is 5.56. The summed E-state index contributed by atoms with van der Waals surface area (Å²) in [5.41, 5.74) is 1.16. The fourth-order valence-corrected chi connectivity index (χ4v) is 1.13. The minimum Gasteiger partial charge on any atom is -0.489 e. The fourth-order valence-electron chi connectivity index (χ4n) is 0.956. The van der Waals surface area contributed by atoms with Crippen molar-refractivity contribution in [2.24, 2.45) is 0 Å². The summed E-state index contributed by atoms with van der Waals surface area (Å²) < 4.78 is 5.37. The van der Waals surface area contributed by atoms with Gasteiger partial charge in [-0.05, 0) is 25.5 Å². The molecule has 0 atom stereocenters. The van der Waals surface area contributed by atoms with E-state index in [0.29, 0.717) is 12.5 Å². The molecule has 0 spiro atoms. The van der Waals surface area contributed by atoms with E-state index in [-0.39, 0.29) is 0 Å². The fraction of sp³-hybridized carbons (Fsp3) is 0.286. The minimum absolute atomic E-state index is 0.574. The Morgan fingerprint density at radius 3 is 2.50 bits per heavy atom. The highest BCUT2D eigenvalue weighted by Crippen LogP contribution is 2.15. The van der Waals surface area contributed by atoms with Crippen LogP contribution in [0.3, 0.4) is 0 Å². The third-order valence-corrected chi connectivity index (χ3v) is 1.95. The predicted molar refractivity (Wildman–Crippen MR) is 72.4 cm³/mol. The van der Waals surface area contributed by atoms with Gasteiger partial charge in [-0.25, -0.2) is 0 Å². The van der Waals surface area contributed by atoms with Crippen LogP contribution in [0.4, 0.5) is 0 Å². The first-order valence-corrected chi connectivity index (χ1v) is 5.76. The molecule has 0 bridgehead atoms. The van der Waals surface area contributed by atoms with E-state index in [1.165, 1.54) is 0 Å². The summed E-state index contributed by atoms with van der Waals surface area (Å²) in [5, 5.41) is 0. The van der Waals surface area contributed by atoms with Crippen molar-refractivity contribution < 1.29 is 4.74 Å². The molecule has 16 heavy (non-hydrogen) atoms. The van der Waals surface area contributed by atoms with E-state index in [2.05, 4.69) is 6.58 Å². The van der Waals surface area contributed by atoms with E-state index in [0.717, 1.165) is 11.3 Å². The molecule has 0 fully saturated rings. The van der Waals surface area contributed by atoms with Crippen molar-refractivity contribution in [1.29, 1.82) is 0 Å². The van der Waals surface area contributed by atoms with Crippen LogP contribution in [0.5, 0.6) is 5.75 Å². The molecular weight excluding hydrogens is 220 g/mol. The van der Waals surface area contributed by atoms with Gasteiger partial charge in [0.15, 0.2) is 0 Å². The standard InChI is InChI=1S/C10H12O.C4H7Cl/c1-3-8-11-10-7-5-4-6-9(10)2;1-2-3-4-5/h3-7H,1,8H2,2H3;2-3H,4H2,1H3/b;3-2+. The number of para-hydroxylation sites is 1. The third kappa shape index (κ3) is 7.13. The van der Waals surface area contributed by atoms with Gasteiger partial charge in [0.25, 0.3) is 0 Å². The Hall–Kier alpha value is -1.21. The van der Waals surface area contributed by atoms with E-state index in [1.54, 1.807) is 6.08 Å². The number of ether oxygens (including phenoxy) is 1. The highest BCUT2D eigenvalue weighted by atomic mass is 35.5. The van der Waals surface area contributed by atoms with Crippen LogP contribution in [0, 0.1) is 6.92 Å². The lowest BCUT2D eigenvalue weighted by Gasteiger charge is -2.04. The first kappa shape index (κ1) is 14.8. The van der Waals surface area contributed by atoms with Gasteiger partial charge in [-0.1, -0.05) is 43.0 Å². The number of hydrogen-bond acceptors (Lipinski definition) is 1. The van der Waals surface area contributed by atoms with Crippen LogP contribution < -0.4 is 4.74 Å². The molecular formula is C14H19ClO. The van der Waals surface area contributed by atoms with Crippen LogP contribution in [-0.4, -0.2) is 12.5 Å². The van der Waals surface area contributed by atoms with Crippen molar-refractivity contribution in [2.75, 3.05) is 12.5 Å². The summed E-state index contributed by atoms with van der Waals surface area (Å²) in [6, 6.07) is 7.94. The quantitative estimate of drug-likeness (QED) is 0.559. The summed E-state index contributed by atoms with van der Waals surface area (Å²) in [4.78, 5) is 0. The molecule has 1 rings (SSSR count). The highest BCUT2D eigenvalue weighted by Gasteiger charge is 1.93. The molecule has 0 N–H and O–H groups in total. The lowest BCUT2D eigenvalue weighted by atomic mass is 10.2. The lowest BCUT2D eigenvalue weighted by molar-refractivity contribution is 0.360. The molecule has 0 amide bonds. The van der Waals surface area contributed by atoms with Gasteiger partial charge in [0, 0.05) is 5.88 Å². The van der Waals surface area contributed by atoms with Gasteiger partial charge in [-0.15, -0.1) is 11.6 Å². The number of hydrogen-bond donors (Lipinski definition) is 0. The van der Waals surface area contributed by atoms with Gasteiger partial charge in [0.1, 0.15) is 12.4 Å². The molecule has 1 aromatic carbocycles. The van der Waals surface area contributed by atoms with Crippen LogP contribution in [0.2, 0.25) is 0 Å². The summed E-state index contributed by atoms with van der Waals surface area (Å²) >= 11 is 5.21. The molecule has 0 saturated carbocycles. The first-order chi connectivity index (χ1) is 7.76. The van der Waals surface area contributed by atoms with E-state index in [1.807, 2.05) is 50.3 Å². The number of aryl methyl sites for hydroxylation is 1. The third-order valence-electron chi connectivity index (χ3n) is 1.78. The van der Waals surface area contributed by atoms with E-state index in [9.17, 15) is 0 Å². The molecule has 0 aliphatic carbocycles. The molecule has 1 aromatic rings. The van der Waals surface area contributed by atoms with Gasteiger partial charge >= 0.3 is 0 Å². The van der Waals surface area contributed by atoms with Crippen LogP contribution in [-0.2, 0) is 0 Å². The van der Waals surface area contributed by atoms with E-state index in [4.69, 9.17) is 16.3 Å². The maximum atomic E-state index is 5.37. The molecule has 1 nitrogen and oxygen atoms in total. The van der Waals surface area contributed by atoms with Crippen LogP contribution in [0.25, 0.3) is 0 Å². The Labute approximate surface area is 103 Å². The Morgan fingerprint density at radius 2 is 2.06 bits per heavy atom. The highest BCUT2D eigenvalue weighted by molar-refractivity contribution is 6.18. The molecule has 0 aromatic heterocycles. The Morgan fingerprint density at radius 1 is 1.38 bits per heavy atom. The second kappa shape index (κ2) is 10.3. The maximum absolute atomic E-state index is 5.37. The van der Waals surface area contributed by atoms with Gasteiger partial charge in [0.05, 0.1) is 0 Å². The Kier molecular flexibility index (Phi) is 9.53. The Bertz CT molecular complexity index is 318. The van der Waals surface area contributed by atoms with Crippen molar-refractivity contribution in [3.8, 4) is 5.75 Å². The van der Waals surface area contributed by atoms with Crippen LogP contribution in [0.15, 0.2) is 49.1 Å². The molecule has 0 aliphatic rings. The molecule has 0 heterocycles. The average molecular weight is 239 g/mol. The maximum Gasteiger partial charge on any atom is 0.122 e. The van der Waals surface area contributed by atoms with Crippen molar-refractivity contribution in [2.45, 2.75) is 13.8 Å². The number of allylic oxidation sites excluding steroid dienone is 2. The van der Waals surface area contributed by atoms with Crippen molar-refractivity contribution in [3.05, 3.63) is 54.6 Å². The summed E-state index contributed by atoms with van der Waals surface area (Å²) in [7, 11) is 0. The van der Waals surface area contributed by atoms with Crippen molar-refractivity contribution in [1.82, 2.24) is 0 Å². The Balaban J connectivity index is 0.000000385. The summed E-state index contributed by atoms with van der Waals surface area (Å²) in [6.45, 7) is 8.13. The second-order valence-corrected chi connectivity index (χ2v) is 3.40. The van der Waals surface area contributed by atoms with Gasteiger partial charge < -0.3 is 4.74 Å². The van der Waals surface area contributed by atoms with Crippen LogP contribution >= 0.6 is 11.6 Å². The largest absolute Gasteiger partial charge is 0.489 e. The monoisotopic (exact) mass is 238 g/mol. The number of halogens is 1. The number of benzene rings is 1. The zero-order valence-corrected chi connectivity index (χ0v) is 10.7. The molecule has 0 unspecified atom stereocenters. The van der Waals surface area contributed by atoms with Crippen LogP contribution in [0.1, 0.15) is 12.5 Å². The van der Waals surface area contributed by atoms with Gasteiger partial charge in [-0.2, -0.15) is 0 Å². The normalized spacial score (nSPS) is 9.44. The molecule has 0 radical (unpaired) electrons. The van der Waals surface area contributed by atoms with E-state index >= 15 is 0 Å². The lowest BCUT2D eigenvalue weighted by Crippen LogP contribution is -1.93. The summed E-state index contributed by atoms with van der Waals surface area (Å²) in [5.74, 6) is 1.57. The minimum atomic E-state index is 0.574. The SMILES string of the molecule is C/C=C/CCl.C=CCOc1ccccc1C. The predicted octanol–water partition coefficient (Wildman–Crippen LogP) is 4.36. The molecule has 0 saturated heterocycles. The van der Waals surface area contributed by atoms with Crippen molar-refractivity contribution in [3.63, 3.8) is 0 Å². The molecule has 88 valence electrons. The average Bonchev–Trinajstić information content (AvgIpc) is 2.30. The zero-order chi connectivity index (χ0) is 12.2. The first-order valence-electron chi connectivity index (χ1n) is 5.22. The molecule has 0 aliphatic heterocycles. The van der Waals surface area contributed by atoms with Crippen molar-refractivity contribution >= 4 is 11.6 Å². The number of alkyl halides is 1. The van der Waals surface area contributed by atoms with Gasteiger partial charge in [-0.3, -0.25) is 0 Å². The second-order valence-electron chi connectivity index (χ2n) is 3.09. The zero-order valence-electron chi connectivity index (χ0n) is 9.95. The van der Waals surface area contributed by atoms with Gasteiger partial charge in [0.2, 0.25) is 0 Å². The smallest absolute Gasteiger partial charge is 0.122 e. The topological polar surface area (TPSA) is 9.23 Å².